The Bertz CT molecular complexity index is 429. The van der Waals surface area contributed by atoms with Gasteiger partial charge in [-0.15, -0.1) is 10.2 Å². The quantitative estimate of drug-likeness (QED) is 0.785. The Hall–Kier alpha value is -1.08. The summed E-state index contributed by atoms with van der Waals surface area (Å²) in [6.07, 6.45) is 4.71. The van der Waals surface area contributed by atoms with Gasteiger partial charge in [-0.1, -0.05) is 11.8 Å². The number of amides is 1. The molecule has 1 amide bonds. The number of thioether (sulfide) groups is 1. The van der Waals surface area contributed by atoms with Crippen LogP contribution in [0.3, 0.4) is 0 Å². The van der Waals surface area contributed by atoms with E-state index in [0.29, 0.717) is 18.9 Å². The zero-order valence-electron chi connectivity index (χ0n) is 11.2. The van der Waals surface area contributed by atoms with Crippen LogP contribution in [0, 0.1) is 0 Å². The molecular weight excluding hydrogens is 264 g/mol. The first kappa shape index (κ1) is 14.3. The molecule has 0 radical (unpaired) electrons. The van der Waals surface area contributed by atoms with E-state index in [1.165, 1.54) is 12.8 Å². The Morgan fingerprint density at radius 2 is 2.37 bits per heavy atom. The van der Waals surface area contributed by atoms with Crippen molar-refractivity contribution in [3.8, 4) is 0 Å². The molecule has 1 fully saturated rings. The predicted octanol–water partition coefficient (Wildman–Crippen LogP) is 0.894. The van der Waals surface area contributed by atoms with Crippen LogP contribution in [0.4, 0.5) is 0 Å². The first-order chi connectivity index (χ1) is 9.16. The maximum absolute atomic E-state index is 10.8. The van der Waals surface area contributed by atoms with Crippen molar-refractivity contribution >= 4 is 17.7 Å². The van der Waals surface area contributed by atoms with Gasteiger partial charge in [0.25, 0.3) is 0 Å². The summed E-state index contributed by atoms with van der Waals surface area (Å²) in [5.74, 6) is 1.39. The Labute approximate surface area is 117 Å². The molecule has 2 heterocycles. The standard InChI is InChI=1S/C12H20N4O2S/c1-16-11(6-5-10(13)17)14-15-12(16)19-8-9-4-2-3-7-18-9/h9H,2-8H2,1H3,(H2,13,17)/t9-/m1/s1. The third-order valence-corrected chi connectivity index (χ3v) is 4.34. The molecule has 1 aliphatic rings. The fraction of sp³-hybridized carbons (Fsp3) is 0.750. The van der Waals surface area contributed by atoms with Crippen molar-refractivity contribution in [3.63, 3.8) is 0 Å². The van der Waals surface area contributed by atoms with Crippen LogP contribution in [-0.2, 0) is 23.0 Å². The molecule has 6 nitrogen and oxygen atoms in total. The smallest absolute Gasteiger partial charge is 0.217 e. The molecule has 0 saturated carbocycles. The molecule has 0 spiro atoms. The number of nitrogens with two attached hydrogens (primary N) is 1. The maximum Gasteiger partial charge on any atom is 0.217 e. The highest BCUT2D eigenvalue weighted by atomic mass is 32.2. The van der Waals surface area contributed by atoms with Gasteiger partial charge in [0.15, 0.2) is 5.16 Å². The molecule has 2 rings (SSSR count). The number of aryl methyl sites for hydroxylation is 1. The zero-order valence-corrected chi connectivity index (χ0v) is 12.0. The first-order valence-corrected chi connectivity index (χ1v) is 7.56. The van der Waals surface area contributed by atoms with E-state index in [2.05, 4.69) is 10.2 Å². The average Bonchev–Trinajstić information content (AvgIpc) is 2.76. The lowest BCUT2D eigenvalue weighted by molar-refractivity contribution is -0.118. The number of carbonyl (C=O) groups is 1. The number of primary amides is 1. The van der Waals surface area contributed by atoms with Crippen molar-refractivity contribution in [3.05, 3.63) is 5.82 Å². The van der Waals surface area contributed by atoms with Gasteiger partial charge >= 0.3 is 0 Å². The molecule has 7 heteroatoms. The Balaban J connectivity index is 1.84. The molecule has 106 valence electrons. The van der Waals surface area contributed by atoms with Crippen LogP contribution in [0.1, 0.15) is 31.5 Å². The van der Waals surface area contributed by atoms with Crippen molar-refractivity contribution in [2.24, 2.45) is 12.8 Å². The van der Waals surface area contributed by atoms with Crippen LogP contribution in [0.2, 0.25) is 0 Å². The molecule has 19 heavy (non-hydrogen) atoms. The highest BCUT2D eigenvalue weighted by molar-refractivity contribution is 7.99. The molecule has 1 aliphatic heterocycles. The van der Waals surface area contributed by atoms with Crippen LogP contribution in [0.15, 0.2) is 5.16 Å². The minimum atomic E-state index is -0.312. The summed E-state index contributed by atoms with van der Waals surface area (Å²) in [7, 11) is 1.92. The first-order valence-electron chi connectivity index (χ1n) is 6.58. The molecule has 0 aliphatic carbocycles. The normalized spacial score (nSPS) is 19.5. The van der Waals surface area contributed by atoms with Gasteiger partial charge in [0.05, 0.1) is 6.10 Å². The topological polar surface area (TPSA) is 83.0 Å². The fourth-order valence-corrected chi connectivity index (χ4v) is 3.03. The van der Waals surface area contributed by atoms with Gasteiger partial charge in [-0.2, -0.15) is 0 Å². The van der Waals surface area contributed by atoms with E-state index in [9.17, 15) is 4.79 Å². The van der Waals surface area contributed by atoms with Crippen LogP contribution in [0.25, 0.3) is 0 Å². The van der Waals surface area contributed by atoms with Gasteiger partial charge in [-0.05, 0) is 19.3 Å². The second-order valence-electron chi connectivity index (χ2n) is 4.72. The van der Waals surface area contributed by atoms with Crippen molar-refractivity contribution in [1.82, 2.24) is 14.8 Å². The molecular formula is C12H20N4O2S. The van der Waals surface area contributed by atoms with Crippen LogP contribution in [0.5, 0.6) is 0 Å². The Kier molecular flexibility index (Phi) is 5.21. The van der Waals surface area contributed by atoms with Gasteiger partial charge in [-0.3, -0.25) is 4.79 Å². The van der Waals surface area contributed by atoms with Gasteiger partial charge in [0, 0.05) is 32.2 Å². The maximum atomic E-state index is 10.8. The highest BCUT2D eigenvalue weighted by Crippen LogP contribution is 2.22. The molecule has 1 saturated heterocycles. The van der Waals surface area contributed by atoms with Gasteiger partial charge in [0.1, 0.15) is 5.82 Å². The number of aromatic nitrogens is 3. The Morgan fingerprint density at radius 3 is 3.05 bits per heavy atom. The van der Waals surface area contributed by atoms with E-state index in [0.717, 1.165) is 29.8 Å². The minimum Gasteiger partial charge on any atom is -0.377 e. The van der Waals surface area contributed by atoms with E-state index in [4.69, 9.17) is 10.5 Å². The van der Waals surface area contributed by atoms with Crippen LogP contribution < -0.4 is 5.73 Å². The molecule has 0 unspecified atom stereocenters. The second kappa shape index (κ2) is 6.91. The Morgan fingerprint density at radius 1 is 1.53 bits per heavy atom. The van der Waals surface area contributed by atoms with Crippen molar-refractivity contribution in [2.45, 2.75) is 43.4 Å². The van der Waals surface area contributed by atoms with E-state index < -0.39 is 0 Å². The van der Waals surface area contributed by atoms with Gasteiger partial charge < -0.3 is 15.0 Å². The van der Waals surface area contributed by atoms with Crippen molar-refractivity contribution in [2.75, 3.05) is 12.4 Å². The number of carbonyl (C=O) groups excluding carboxylic acids is 1. The van der Waals surface area contributed by atoms with Crippen LogP contribution in [-0.4, -0.2) is 39.1 Å². The number of hydrogen-bond donors (Lipinski definition) is 1. The lowest BCUT2D eigenvalue weighted by atomic mass is 10.1. The van der Waals surface area contributed by atoms with E-state index in [1.54, 1.807) is 11.8 Å². The van der Waals surface area contributed by atoms with E-state index in [-0.39, 0.29) is 5.91 Å². The third kappa shape index (κ3) is 4.21. The summed E-state index contributed by atoms with van der Waals surface area (Å²) in [5, 5.41) is 9.11. The largest absolute Gasteiger partial charge is 0.377 e. The fourth-order valence-electron chi connectivity index (χ4n) is 2.03. The summed E-state index contributed by atoms with van der Waals surface area (Å²) in [5.41, 5.74) is 5.14. The summed E-state index contributed by atoms with van der Waals surface area (Å²) in [6, 6.07) is 0. The SMILES string of the molecule is Cn1c(CCC(N)=O)nnc1SC[C@H]1CCCCO1. The predicted molar refractivity (Wildman–Crippen MR) is 72.8 cm³/mol. The van der Waals surface area contributed by atoms with Gasteiger partial charge in [0.2, 0.25) is 5.91 Å². The number of nitrogens with zero attached hydrogens (tertiary/aromatic N) is 3. The third-order valence-electron chi connectivity index (χ3n) is 3.19. The number of ether oxygens (including phenoxy) is 1. The molecule has 1 atom stereocenters. The molecule has 0 aromatic carbocycles. The second-order valence-corrected chi connectivity index (χ2v) is 5.71. The monoisotopic (exact) mass is 284 g/mol. The molecule has 1 aromatic rings. The van der Waals surface area contributed by atoms with E-state index in [1.807, 2.05) is 11.6 Å². The number of rotatable bonds is 6. The summed E-state index contributed by atoms with van der Waals surface area (Å²) in [4.78, 5) is 10.8. The lowest BCUT2D eigenvalue weighted by Gasteiger charge is -2.21. The molecule has 2 N–H and O–H groups in total. The highest BCUT2D eigenvalue weighted by Gasteiger charge is 2.16. The molecule has 1 aromatic heterocycles. The summed E-state index contributed by atoms with van der Waals surface area (Å²) < 4.78 is 7.61. The summed E-state index contributed by atoms with van der Waals surface area (Å²) in [6.45, 7) is 0.869. The molecule has 0 bridgehead atoms. The average molecular weight is 284 g/mol. The lowest BCUT2D eigenvalue weighted by Crippen LogP contribution is -2.21. The number of hydrogen-bond acceptors (Lipinski definition) is 5. The summed E-state index contributed by atoms with van der Waals surface area (Å²) >= 11 is 1.66. The van der Waals surface area contributed by atoms with Crippen molar-refractivity contribution < 1.29 is 9.53 Å². The van der Waals surface area contributed by atoms with Crippen LogP contribution >= 0.6 is 11.8 Å². The zero-order chi connectivity index (χ0) is 13.7. The minimum absolute atomic E-state index is 0.308. The van der Waals surface area contributed by atoms with E-state index >= 15 is 0 Å². The van der Waals surface area contributed by atoms with Gasteiger partial charge in [-0.25, -0.2) is 0 Å². The van der Waals surface area contributed by atoms with Crippen molar-refractivity contribution in [1.29, 1.82) is 0 Å².